The van der Waals surface area contributed by atoms with Crippen molar-refractivity contribution in [1.82, 2.24) is 5.32 Å². The maximum Gasteiger partial charge on any atom is 0.220 e. The Morgan fingerprint density at radius 2 is 1.74 bits per heavy atom. The van der Waals surface area contributed by atoms with Gasteiger partial charge in [0.25, 0.3) is 0 Å². The van der Waals surface area contributed by atoms with Crippen LogP contribution in [0.25, 0.3) is 0 Å². The van der Waals surface area contributed by atoms with Gasteiger partial charge in [-0.05, 0) is 42.8 Å². The number of rotatable bonds is 6. The largest absolute Gasteiger partial charge is 0.350 e. The molecular weight excluding hydrogens is 361 g/mol. The highest BCUT2D eigenvalue weighted by Gasteiger charge is 2.14. The van der Waals surface area contributed by atoms with Crippen LogP contribution in [-0.2, 0) is 4.79 Å². The third kappa shape index (κ3) is 4.99. The molecule has 2 aromatic rings. The SMILES string of the molecule is CC(NC(=O)CCC(=O)c1ccc(F)cc1)c1ccccc1Br. The summed E-state index contributed by atoms with van der Waals surface area (Å²) in [5.74, 6) is -0.751. The lowest BCUT2D eigenvalue weighted by molar-refractivity contribution is -0.121. The molecule has 0 aliphatic carbocycles. The Balaban J connectivity index is 1.86. The molecule has 0 aliphatic rings. The van der Waals surface area contributed by atoms with E-state index in [4.69, 9.17) is 0 Å². The van der Waals surface area contributed by atoms with Gasteiger partial charge in [0.1, 0.15) is 5.82 Å². The Kier molecular flexibility index (Phi) is 6.04. The van der Waals surface area contributed by atoms with Crippen LogP contribution in [0.15, 0.2) is 53.0 Å². The van der Waals surface area contributed by atoms with Crippen LogP contribution in [0.3, 0.4) is 0 Å². The average molecular weight is 378 g/mol. The molecule has 0 bridgehead atoms. The van der Waals surface area contributed by atoms with Gasteiger partial charge >= 0.3 is 0 Å². The van der Waals surface area contributed by atoms with Crippen LogP contribution in [-0.4, -0.2) is 11.7 Å². The summed E-state index contributed by atoms with van der Waals surface area (Å²) in [4.78, 5) is 23.9. The minimum absolute atomic E-state index is 0.0974. The van der Waals surface area contributed by atoms with Crippen LogP contribution >= 0.6 is 15.9 Å². The van der Waals surface area contributed by atoms with Gasteiger partial charge < -0.3 is 5.32 Å². The first kappa shape index (κ1) is 17.3. The fourth-order valence-electron chi connectivity index (χ4n) is 2.22. The zero-order chi connectivity index (χ0) is 16.8. The highest BCUT2D eigenvalue weighted by molar-refractivity contribution is 9.10. The molecule has 0 radical (unpaired) electrons. The predicted molar refractivity (Wildman–Crippen MR) is 90.7 cm³/mol. The van der Waals surface area contributed by atoms with E-state index in [9.17, 15) is 14.0 Å². The number of hydrogen-bond acceptors (Lipinski definition) is 2. The van der Waals surface area contributed by atoms with Crippen LogP contribution in [0, 0.1) is 5.82 Å². The monoisotopic (exact) mass is 377 g/mol. The molecule has 0 saturated carbocycles. The summed E-state index contributed by atoms with van der Waals surface area (Å²) in [7, 11) is 0. The Hall–Kier alpha value is -2.01. The van der Waals surface area contributed by atoms with Crippen LogP contribution < -0.4 is 5.32 Å². The van der Waals surface area contributed by atoms with Crippen molar-refractivity contribution in [3.8, 4) is 0 Å². The van der Waals surface area contributed by atoms with E-state index in [1.54, 1.807) is 0 Å². The molecule has 120 valence electrons. The second kappa shape index (κ2) is 8.02. The van der Waals surface area contributed by atoms with Gasteiger partial charge in [0.15, 0.2) is 5.78 Å². The number of hydrogen-bond donors (Lipinski definition) is 1. The molecule has 0 aromatic heterocycles. The minimum atomic E-state index is -0.387. The molecule has 5 heteroatoms. The Labute approximate surface area is 143 Å². The minimum Gasteiger partial charge on any atom is -0.350 e. The number of carbonyl (C=O) groups is 2. The third-order valence-corrected chi connectivity index (χ3v) is 4.22. The van der Waals surface area contributed by atoms with Gasteiger partial charge in [0.2, 0.25) is 5.91 Å². The summed E-state index contributed by atoms with van der Waals surface area (Å²) < 4.78 is 13.7. The molecule has 0 spiro atoms. The standard InChI is InChI=1S/C18H17BrFNO2/c1-12(15-4-2-3-5-16(15)19)21-18(23)11-10-17(22)13-6-8-14(20)9-7-13/h2-9,12H,10-11H2,1H3,(H,21,23). The van der Waals surface area contributed by atoms with Crippen molar-refractivity contribution in [3.63, 3.8) is 0 Å². The highest BCUT2D eigenvalue weighted by atomic mass is 79.9. The number of benzene rings is 2. The summed E-state index contributed by atoms with van der Waals surface area (Å²) in [6, 6.07) is 12.8. The maximum atomic E-state index is 12.8. The molecule has 0 heterocycles. The average Bonchev–Trinajstić information content (AvgIpc) is 2.53. The first-order chi connectivity index (χ1) is 11.0. The van der Waals surface area contributed by atoms with E-state index in [1.807, 2.05) is 31.2 Å². The molecule has 1 N–H and O–H groups in total. The van der Waals surface area contributed by atoms with E-state index in [0.29, 0.717) is 5.56 Å². The molecule has 3 nitrogen and oxygen atoms in total. The molecule has 2 aromatic carbocycles. The van der Waals surface area contributed by atoms with Gasteiger partial charge in [-0.15, -0.1) is 0 Å². The van der Waals surface area contributed by atoms with Crippen molar-refractivity contribution in [2.45, 2.75) is 25.8 Å². The number of Topliss-reactive ketones (excluding diaryl/α,β-unsaturated/α-hetero) is 1. The summed E-state index contributed by atoms with van der Waals surface area (Å²) in [5, 5.41) is 2.87. The van der Waals surface area contributed by atoms with E-state index in [-0.39, 0.29) is 36.4 Å². The van der Waals surface area contributed by atoms with Crippen molar-refractivity contribution in [2.75, 3.05) is 0 Å². The Morgan fingerprint density at radius 3 is 2.39 bits per heavy atom. The molecule has 0 aliphatic heterocycles. The second-order valence-corrected chi connectivity index (χ2v) is 6.10. The van der Waals surface area contributed by atoms with Gasteiger partial charge in [0.05, 0.1) is 6.04 Å². The van der Waals surface area contributed by atoms with Gasteiger partial charge in [0, 0.05) is 22.9 Å². The van der Waals surface area contributed by atoms with E-state index in [2.05, 4.69) is 21.2 Å². The fourth-order valence-corrected chi connectivity index (χ4v) is 2.85. The van der Waals surface area contributed by atoms with Crippen molar-refractivity contribution >= 4 is 27.6 Å². The molecular formula is C18H17BrFNO2. The number of amides is 1. The highest BCUT2D eigenvalue weighted by Crippen LogP contribution is 2.22. The first-order valence-corrected chi connectivity index (χ1v) is 8.09. The summed E-state index contributed by atoms with van der Waals surface area (Å²) in [6.45, 7) is 1.89. The van der Waals surface area contributed by atoms with Gasteiger partial charge in [-0.3, -0.25) is 9.59 Å². The Bertz CT molecular complexity index is 700. The number of carbonyl (C=O) groups excluding carboxylic acids is 2. The molecule has 2 rings (SSSR count). The lowest BCUT2D eigenvalue weighted by Crippen LogP contribution is -2.27. The number of nitrogens with one attached hydrogen (secondary N) is 1. The van der Waals surface area contributed by atoms with E-state index < -0.39 is 0 Å². The van der Waals surface area contributed by atoms with E-state index in [1.165, 1.54) is 24.3 Å². The molecule has 0 fully saturated rings. The van der Waals surface area contributed by atoms with E-state index in [0.717, 1.165) is 10.0 Å². The molecule has 0 saturated heterocycles. The quantitative estimate of drug-likeness (QED) is 0.756. The lowest BCUT2D eigenvalue weighted by Gasteiger charge is -2.15. The zero-order valence-corrected chi connectivity index (χ0v) is 14.3. The summed E-state index contributed by atoms with van der Waals surface area (Å²) in [5.41, 5.74) is 1.39. The first-order valence-electron chi connectivity index (χ1n) is 7.30. The fraction of sp³-hybridized carbons (Fsp3) is 0.222. The van der Waals surface area contributed by atoms with Crippen LogP contribution in [0.5, 0.6) is 0 Å². The van der Waals surface area contributed by atoms with Crippen molar-refractivity contribution in [1.29, 1.82) is 0 Å². The van der Waals surface area contributed by atoms with Crippen LogP contribution in [0.4, 0.5) is 4.39 Å². The zero-order valence-electron chi connectivity index (χ0n) is 12.7. The third-order valence-electron chi connectivity index (χ3n) is 3.49. The second-order valence-electron chi connectivity index (χ2n) is 5.24. The normalized spacial score (nSPS) is 11.8. The van der Waals surface area contributed by atoms with Crippen LogP contribution in [0.2, 0.25) is 0 Å². The van der Waals surface area contributed by atoms with Gasteiger partial charge in [-0.1, -0.05) is 34.1 Å². The topological polar surface area (TPSA) is 46.2 Å². The summed E-state index contributed by atoms with van der Waals surface area (Å²) >= 11 is 3.45. The van der Waals surface area contributed by atoms with Crippen molar-refractivity contribution < 1.29 is 14.0 Å². The molecule has 1 amide bonds. The Morgan fingerprint density at radius 1 is 1.09 bits per heavy atom. The predicted octanol–water partition coefficient (Wildman–Crippen LogP) is 4.43. The van der Waals surface area contributed by atoms with Crippen molar-refractivity contribution in [3.05, 3.63) is 69.9 Å². The summed E-state index contributed by atoms with van der Waals surface area (Å²) in [6.07, 6.45) is 0.200. The number of halogens is 2. The van der Waals surface area contributed by atoms with E-state index >= 15 is 0 Å². The smallest absolute Gasteiger partial charge is 0.220 e. The molecule has 1 unspecified atom stereocenters. The van der Waals surface area contributed by atoms with Crippen molar-refractivity contribution in [2.24, 2.45) is 0 Å². The number of ketones is 1. The van der Waals surface area contributed by atoms with Crippen LogP contribution in [0.1, 0.15) is 41.7 Å². The molecule has 1 atom stereocenters. The maximum absolute atomic E-state index is 12.8. The van der Waals surface area contributed by atoms with Gasteiger partial charge in [-0.25, -0.2) is 4.39 Å². The van der Waals surface area contributed by atoms with Gasteiger partial charge in [-0.2, -0.15) is 0 Å². The lowest BCUT2D eigenvalue weighted by atomic mass is 10.1. The molecule has 23 heavy (non-hydrogen) atoms.